The highest BCUT2D eigenvalue weighted by molar-refractivity contribution is 7.84. The van der Waals surface area contributed by atoms with E-state index in [0.717, 1.165) is 0 Å². The van der Waals surface area contributed by atoms with Gasteiger partial charge in [0.25, 0.3) is 0 Å². The molecule has 0 heterocycles. The van der Waals surface area contributed by atoms with Gasteiger partial charge in [-0.1, -0.05) is 23.2 Å². The summed E-state index contributed by atoms with van der Waals surface area (Å²) in [4.78, 5) is 0.434. The lowest BCUT2D eigenvalue weighted by molar-refractivity contribution is 0.615. The number of hydrogen-bond acceptors (Lipinski definition) is 2. The minimum Gasteiger partial charge on any atom is -0.398 e. The van der Waals surface area contributed by atoms with Crippen LogP contribution in [0.5, 0.6) is 0 Å². The first-order valence-corrected chi connectivity index (χ1v) is 7.42. The van der Waals surface area contributed by atoms with Gasteiger partial charge in [-0.3, -0.25) is 4.21 Å². The quantitative estimate of drug-likeness (QED) is 0.869. The second-order valence-electron chi connectivity index (χ2n) is 3.91. The molecule has 0 aliphatic carbocycles. The van der Waals surface area contributed by atoms with E-state index in [0.29, 0.717) is 26.2 Å². The molecular weight excluding hydrogens is 308 g/mol. The monoisotopic (exact) mass is 317 g/mol. The highest BCUT2D eigenvalue weighted by atomic mass is 35.5. The van der Waals surface area contributed by atoms with Crippen molar-refractivity contribution in [2.75, 3.05) is 5.73 Å². The maximum atomic E-state index is 13.6. The summed E-state index contributed by atoms with van der Waals surface area (Å²) in [5, 5.41) is 0.865. The average molecular weight is 318 g/mol. The predicted molar refractivity (Wildman–Crippen MR) is 77.4 cm³/mol. The van der Waals surface area contributed by atoms with E-state index in [9.17, 15) is 8.60 Å². The third-order valence-electron chi connectivity index (χ3n) is 2.51. The normalized spacial score (nSPS) is 12.4. The molecule has 2 nitrogen and oxygen atoms in total. The van der Waals surface area contributed by atoms with Gasteiger partial charge < -0.3 is 5.73 Å². The molecule has 6 heteroatoms. The first-order valence-electron chi connectivity index (χ1n) is 5.34. The minimum atomic E-state index is -1.46. The number of benzene rings is 2. The number of nitrogens with two attached hydrogens (primary N) is 1. The summed E-state index contributed by atoms with van der Waals surface area (Å²) in [5.41, 5.74) is 6.37. The molecule has 0 amide bonds. The Morgan fingerprint density at radius 2 is 1.74 bits per heavy atom. The van der Waals surface area contributed by atoms with Crippen molar-refractivity contribution in [1.82, 2.24) is 0 Å². The van der Waals surface area contributed by atoms with Crippen molar-refractivity contribution in [1.29, 1.82) is 0 Å². The van der Waals surface area contributed by atoms with Crippen LogP contribution in [0.25, 0.3) is 0 Å². The SMILES string of the molecule is Nc1cc(Cl)ccc1S(=O)Cc1cc(Cl)ccc1F. The van der Waals surface area contributed by atoms with Crippen LogP contribution in [0.3, 0.4) is 0 Å². The molecule has 0 saturated carbocycles. The van der Waals surface area contributed by atoms with Gasteiger partial charge in [0.15, 0.2) is 0 Å². The van der Waals surface area contributed by atoms with Gasteiger partial charge in [-0.05, 0) is 36.4 Å². The molecule has 100 valence electrons. The van der Waals surface area contributed by atoms with Crippen LogP contribution in [0, 0.1) is 5.82 Å². The van der Waals surface area contributed by atoms with Crippen LogP contribution in [0.4, 0.5) is 10.1 Å². The average Bonchev–Trinajstić information content (AvgIpc) is 2.33. The van der Waals surface area contributed by atoms with Gasteiger partial charge in [0, 0.05) is 21.3 Å². The lowest BCUT2D eigenvalue weighted by Crippen LogP contribution is -2.02. The summed E-state index contributed by atoms with van der Waals surface area (Å²) >= 11 is 11.6. The summed E-state index contributed by atoms with van der Waals surface area (Å²) in [5.74, 6) is -0.427. The molecule has 0 saturated heterocycles. The lowest BCUT2D eigenvalue weighted by atomic mass is 10.2. The van der Waals surface area contributed by atoms with Crippen LogP contribution in [-0.2, 0) is 16.6 Å². The van der Waals surface area contributed by atoms with Gasteiger partial charge in [0.05, 0.1) is 21.4 Å². The number of rotatable bonds is 3. The fourth-order valence-corrected chi connectivity index (χ4v) is 3.18. The van der Waals surface area contributed by atoms with E-state index in [1.54, 1.807) is 12.1 Å². The smallest absolute Gasteiger partial charge is 0.127 e. The van der Waals surface area contributed by atoms with Crippen LogP contribution in [0.2, 0.25) is 10.0 Å². The fraction of sp³-hybridized carbons (Fsp3) is 0.0769. The van der Waals surface area contributed by atoms with E-state index in [1.165, 1.54) is 24.3 Å². The van der Waals surface area contributed by atoms with Crippen LogP contribution < -0.4 is 5.73 Å². The molecule has 0 fully saturated rings. The van der Waals surface area contributed by atoms with Crippen LogP contribution in [0.1, 0.15) is 5.56 Å². The Balaban J connectivity index is 2.28. The van der Waals surface area contributed by atoms with Crippen molar-refractivity contribution in [3.05, 3.63) is 57.8 Å². The molecule has 0 aliphatic rings. The Labute approximate surface area is 122 Å². The van der Waals surface area contributed by atoms with Crippen molar-refractivity contribution in [2.45, 2.75) is 10.6 Å². The van der Waals surface area contributed by atoms with Gasteiger partial charge in [-0.25, -0.2) is 4.39 Å². The third-order valence-corrected chi connectivity index (χ3v) is 4.42. The first kappa shape index (κ1) is 14.3. The lowest BCUT2D eigenvalue weighted by Gasteiger charge is -2.07. The van der Waals surface area contributed by atoms with Gasteiger partial charge >= 0.3 is 0 Å². The van der Waals surface area contributed by atoms with Crippen molar-refractivity contribution in [3.63, 3.8) is 0 Å². The summed E-state index contributed by atoms with van der Waals surface area (Å²) in [6.07, 6.45) is 0. The van der Waals surface area contributed by atoms with Crippen LogP contribution >= 0.6 is 23.2 Å². The Morgan fingerprint density at radius 1 is 1.11 bits per heavy atom. The molecular formula is C13H10Cl2FNOS. The standard InChI is InChI=1S/C13H10Cl2FNOS/c14-9-1-3-11(16)8(5-9)7-19(18)13-4-2-10(15)6-12(13)17/h1-6H,7,17H2. The topological polar surface area (TPSA) is 43.1 Å². The van der Waals surface area contributed by atoms with Gasteiger partial charge in [0.1, 0.15) is 5.82 Å². The zero-order chi connectivity index (χ0) is 14.0. The molecule has 2 aromatic rings. The zero-order valence-corrected chi connectivity index (χ0v) is 12.0. The molecule has 1 atom stereocenters. The second-order valence-corrected chi connectivity index (χ2v) is 6.20. The van der Waals surface area contributed by atoms with Crippen molar-refractivity contribution >= 4 is 39.7 Å². The Kier molecular flexibility index (Phi) is 4.45. The zero-order valence-electron chi connectivity index (χ0n) is 9.70. The molecule has 2 N–H and O–H groups in total. The van der Waals surface area contributed by atoms with Crippen LogP contribution in [0.15, 0.2) is 41.3 Å². The summed E-state index contributed by atoms with van der Waals surface area (Å²) in [6, 6.07) is 8.85. The summed E-state index contributed by atoms with van der Waals surface area (Å²) in [6.45, 7) is 0. The van der Waals surface area contributed by atoms with E-state index in [4.69, 9.17) is 28.9 Å². The van der Waals surface area contributed by atoms with Crippen molar-refractivity contribution in [3.8, 4) is 0 Å². The Morgan fingerprint density at radius 3 is 2.42 bits per heavy atom. The molecule has 0 radical (unpaired) electrons. The largest absolute Gasteiger partial charge is 0.398 e. The summed E-state index contributed by atoms with van der Waals surface area (Å²) < 4.78 is 25.8. The highest BCUT2D eigenvalue weighted by Crippen LogP contribution is 2.24. The molecule has 1 unspecified atom stereocenters. The molecule has 0 aliphatic heterocycles. The Hall–Kier alpha value is -1.10. The van der Waals surface area contributed by atoms with E-state index >= 15 is 0 Å². The van der Waals surface area contributed by atoms with E-state index in [2.05, 4.69) is 0 Å². The molecule has 19 heavy (non-hydrogen) atoms. The molecule has 2 rings (SSSR count). The fourth-order valence-electron chi connectivity index (χ4n) is 1.60. The molecule has 2 aromatic carbocycles. The maximum absolute atomic E-state index is 13.6. The molecule has 0 spiro atoms. The van der Waals surface area contributed by atoms with Crippen molar-refractivity contribution in [2.24, 2.45) is 0 Å². The number of hydrogen-bond donors (Lipinski definition) is 1. The number of nitrogen functional groups attached to an aromatic ring is 1. The number of anilines is 1. The first-order chi connectivity index (χ1) is 8.97. The van der Waals surface area contributed by atoms with Gasteiger partial charge in [-0.15, -0.1) is 0 Å². The van der Waals surface area contributed by atoms with E-state index in [-0.39, 0.29) is 5.75 Å². The Bertz CT molecular complexity index is 649. The van der Waals surface area contributed by atoms with E-state index in [1.807, 2.05) is 0 Å². The van der Waals surface area contributed by atoms with Crippen molar-refractivity contribution < 1.29 is 8.60 Å². The second kappa shape index (κ2) is 5.90. The molecule has 0 bridgehead atoms. The summed E-state index contributed by atoms with van der Waals surface area (Å²) in [7, 11) is -1.46. The maximum Gasteiger partial charge on any atom is 0.127 e. The number of halogens is 3. The minimum absolute atomic E-state index is 0.0121. The van der Waals surface area contributed by atoms with E-state index < -0.39 is 16.6 Å². The highest BCUT2D eigenvalue weighted by Gasteiger charge is 2.12. The predicted octanol–water partition coefficient (Wildman–Crippen LogP) is 4.02. The molecule has 0 aromatic heterocycles. The van der Waals surface area contributed by atoms with Gasteiger partial charge in [-0.2, -0.15) is 0 Å². The van der Waals surface area contributed by atoms with Gasteiger partial charge in [0.2, 0.25) is 0 Å². The van der Waals surface area contributed by atoms with Crippen LogP contribution in [-0.4, -0.2) is 4.21 Å². The third kappa shape index (κ3) is 3.47.